The maximum atomic E-state index is 12.6. The number of fused-ring (bicyclic) bond motifs is 1. The highest BCUT2D eigenvalue weighted by Crippen LogP contribution is 2.34. The molecule has 17 N–H and O–H groups in total. The molecule has 0 aromatic heterocycles. The molecule has 4 saturated heterocycles. The number of unbranched alkanes of at least 4 members (excludes halogenated alkanes) is 3. The number of hydrogen-bond donors (Lipinski definition) is 13. The minimum atomic E-state index is -1.49. The maximum Gasteiger partial charge on any atom is 0.315 e. The fourth-order valence-electron chi connectivity index (χ4n) is 7.88. The molecule has 316 valence electrons. The minimum Gasteiger partial charge on any atom is -0.394 e. The summed E-state index contributed by atoms with van der Waals surface area (Å²) in [7, 11) is 0. The van der Waals surface area contributed by atoms with Gasteiger partial charge >= 0.3 is 6.03 Å². The molecule has 20 nitrogen and oxygen atoms in total. The second kappa shape index (κ2) is 20.6. The monoisotopic (exact) mass is 806 g/mol. The average molecular weight is 807 g/mol. The molecule has 1 aliphatic carbocycles. The Morgan fingerprint density at radius 3 is 2.15 bits per heavy atom. The highest BCUT2D eigenvalue weighted by atomic mass is 32.2. The summed E-state index contributed by atoms with van der Waals surface area (Å²) in [5.74, 6) is 0.699. The number of nitrogens with one attached hydrogen (secondary N) is 4. The third-order valence-corrected chi connectivity index (χ3v) is 12.7. The van der Waals surface area contributed by atoms with Gasteiger partial charge in [-0.1, -0.05) is 12.8 Å². The highest BCUT2D eigenvalue weighted by Gasteiger charge is 2.50. The lowest BCUT2D eigenvalue weighted by Crippen LogP contribution is -2.68. The second-order valence-corrected chi connectivity index (χ2v) is 16.7. The van der Waals surface area contributed by atoms with Crippen LogP contribution in [0.1, 0.15) is 64.2 Å². The fraction of sp³-hybridized carbons (Fsp3) is 0.912. The van der Waals surface area contributed by atoms with E-state index in [-0.39, 0.29) is 55.7 Å². The standard InChI is InChI=1S/C34H62N8O12S/c35-15-10-16(36)31(54-33-28(48)25(38)27(47)21(13-43)52-33)29(49)30(15)53-32-17(37)11-19(44)20(51-32)12-40-24(46)7-2-1-5-9-39-23(45)8-4-3-6-22-26-18(14-55-22)41-34(50)42-26/h15-22,25-33,43-44,47-49H,1-14,35-38H2,(H,39,45)(H,40,46)(H2,41,42,50). The molecule has 4 amide bonds. The number of carbonyl (C=O) groups excluding carboxylic acids is 3. The van der Waals surface area contributed by atoms with E-state index in [1.54, 1.807) is 0 Å². The van der Waals surface area contributed by atoms with Crippen LogP contribution in [0.4, 0.5) is 4.79 Å². The first-order chi connectivity index (χ1) is 26.3. The lowest BCUT2D eigenvalue weighted by molar-refractivity contribution is -0.315. The van der Waals surface area contributed by atoms with Gasteiger partial charge in [-0.25, -0.2) is 4.79 Å². The number of rotatable bonds is 18. The van der Waals surface area contributed by atoms with Crippen LogP contribution in [-0.4, -0.2) is 172 Å². The first-order valence-corrected chi connectivity index (χ1v) is 20.5. The molecule has 4 heterocycles. The van der Waals surface area contributed by atoms with Gasteiger partial charge in [-0.3, -0.25) is 9.59 Å². The van der Waals surface area contributed by atoms with Crippen LogP contribution >= 0.6 is 11.8 Å². The van der Waals surface area contributed by atoms with E-state index in [4.69, 9.17) is 41.9 Å². The Kier molecular flexibility index (Phi) is 16.6. The zero-order valence-electron chi connectivity index (χ0n) is 31.0. The van der Waals surface area contributed by atoms with Crippen molar-refractivity contribution < 1.29 is 58.9 Å². The van der Waals surface area contributed by atoms with Crippen LogP contribution in [-0.2, 0) is 28.5 Å². The molecule has 4 aliphatic heterocycles. The summed E-state index contributed by atoms with van der Waals surface area (Å²) in [4.78, 5) is 36.4. The molecule has 0 radical (unpaired) electrons. The zero-order valence-corrected chi connectivity index (χ0v) is 31.8. The van der Waals surface area contributed by atoms with E-state index in [1.165, 1.54) is 0 Å². The summed E-state index contributed by atoms with van der Waals surface area (Å²) in [5.41, 5.74) is 24.7. The molecule has 5 aliphatic rings. The van der Waals surface area contributed by atoms with Crippen molar-refractivity contribution in [1.82, 2.24) is 21.3 Å². The number of aliphatic hydroxyl groups excluding tert-OH is 5. The molecule has 17 unspecified atom stereocenters. The Hall–Kier alpha value is -1.96. The molecule has 0 aromatic rings. The van der Waals surface area contributed by atoms with Gasteiger partial charge in [-0.05, 0) is 38.5 Å². The molecule has 1 saturated carbocycles. The Morgan fingerprint density at radius 2 is 1.44 bits per heavy atom. The van der Waals surface area contributed by atoms with E-state index in [1.807, 2.05) is 11.8 Å². The maximum absolute atomic E-state index is 12.6. The van der Waals surface area contributed by atoms with Crippen molar-refractivity contribution in [3.63, 3.8) is 0 Å². The summed E-state index contributed by atoms with van der Waals surface area (Å²) in [5, 5.41) is 64.3. The fourth-order valence-corrected chi connectivity index (χ4v) is 9.42. The molecular formula is C34H62N8O12S. The predicted molar refractivity (Wildman–Crippen MR) is 198 cm³/mol. The van der Waals surface area contributed by atoms with E-state index in [9.17, 15) is 39.9 Å². The molecule has 17 atom stereocenters. The number of nitrogens with two attached hydrogens (primary N) is 4. The number of urea groups is 1. The highest BCUT2D eigenvalue weighted by molar-refractivity contribution is 8.00. The smallest absolute Gasteiger partial charge is 0.315 e. The van der Waals surface area contributed by atoms with Gasteiger partial charge in [0.2, 0.25) is 11.8 Å². The normalized spacial score (nSPS) is 41.6. The van der Waals surface area contributed by atoms with Gasteiger partial charge in [0.1, 0.15) is 42.7 Å². The summed E-state index contributed by atoms with van der Waals surface area (Å²) in [6.45, 7) is -0.0740. The third-order valence-electron chi connectivity index (χ3n) is 11.2. The molecule has 5 rings (SSSR count). The van der Waals surface area contributed by atoms with E-state index in [2.05, 4.69) is 21.3 Å². The summed E-state index contributed by atoms with van der Waals surface area (Å²) in [6, 6.07) is -3.30. The van der Waals surface area contributed by atoms with Gasteiger partial charge in [0.15, 0.2) is 12.6 Å². The predicted octanol–water partition coefficient (Wildman–Crippen LogP) is -4.74. The Labute approximate surface area is 324 Å². The molecular weight excluding hydrogens is 744 g/mol. The van der Waals surface area contributed by atoms with Crippen molar-refractivity contribution in [2.45, 2.75) is 167 Å². The Balaban J connectivity index is 0.963. The number of aliphatic hydroxyl groups is 5. The minimum absolute atomic E-state index is 0.00724. The van der Waals surface area contributed by atoms with Gasteiger partial charge in [-0.15, -0.1) is 0 Å². The third kappa shape index (κ3) is 11.6. The van der Waals surface area contributed by atoms with Gasteiger partial charge < -0.3 is 88.7 Å². The van der Waals surface area contributed by atoms with Gasteiger partial charge in [-0.2, -0.15) is 11.8 Å². The van der Waals surface area contributed by atoms with Gasteiger partial charge in [0, 0.05) is 49.0 Å². The lowest BCUT2D eigenvalue weighted by atomic mass is 9.84. The van der Waals surface area contributed by atoms with Gasteiger partial charge in [0.25, 0.3) is 0 Å². The van der Waals surface area contributed by atoms with Crippen molar-refractivity contribution in [2.75, 3.05) is 25.4 Å². The van der Waals surface area contributed by atoms with E-state index < -0.39 is 92.2 Å². The van der Waals surface area contributed by atoms with E-state index >= 15 is 0 Å². The molecule has 21 heteroatoms. The van der Waals surface area contributed by atoms with Crippen LogP contribution in [0.5, 0.6) is 0 Å². The van der Waals surface area contributed by atoms with Crippen molar-refractivity contribution in [3.8, 4) is 0 Å². The first kappa shape index (κ1) is 44.1. The molecule has 0 bridgehead atoms. The van der Waals surface area contributed by atoms with Crippen LogP contribution in [0.25, 0.3) is 0 Å². The number of ether oxygens (including phenoxy) is 4. The average Bonchev–Trinajstić information content (AvgIpc) is 3.70. The summed E-state index contributed by atoms with van der Waals surface area (Å²) >= 11 is 1.87. The van der Waals surface area contributed by atoms with Crippen LogP contribution in [0.15, 0.2) is 0 Å². The molecule has 5 fully saturated rings. The number of hydrogen-bond acceptors (Lipinski definition) is 17. The summed E-state index contributed by atoms with van der Waals surface area (Å²) in [6.07, 6.45) is -6.42. The quantitative estimate of drug-likeness (QED) is 0.0457. The number of thioether (sulfide) groups is 1. The second-order valence-electron chi connectivity index (χ2n) is 15.4. The molecule has 0 spiro atoms. The van der Waals surface area contributed by atoms with Crippen LogP contribution in [0.3, 0.4) is 0 Å². The van der Waals surface area contributed by atoms with E-state index in [0.29, 0.717) is 24.6 Å². The topological polar surface area (TPSA) is 341 Å². The van der Waals surface area contributed by atoms with Crippen molar-refractivity contribution in [3.05, 3.63) is 0 Å². The van der Waals surface area contributed by atoms with Crippen LogP contribution < -0.4 is 44.2 Å². The molecule has 0 aromatic carbocycles. The summed E-state index contributed by atoms with van der Waals surface area (Å²) < 4.78 is 23.4. The van der Waals surface area contributed by atoms with E-state index in [0.717, 1.165) is 37.9 Å². The van der Waals surface area contributed by atoms with Crippen molar-refractivity contribution >= 4 is 29.6 Å². The van der Waals surface area contributed by atoms with Crippen LogP contribution in [0, 0.1) is 0 Å². The number of amides is 4. The lowest BCUT2D eigenvalue weighted by Gasteiger charge is -2.47. The molecule has 55 heavy (non-hydrogen) atoms. The number of carbonyl (C=O) groups is 3. The largest absolute Gasteiger partial charge is 0.394 e. The SMILES string of the molecule is NC1CC(O)C(CNC(=O)CCCCCNC(=O)CCCCC2SCC3NC(=O)NC32)OC1OC1C(N)CC(N)C(OC2OC(CO)C(O)C(N)C2O)C1O. The van der Waals surface area contributed by atoms with Crippen LogP contribution in [0.2, 0.25) is 0 Å². The Morgan fingerprint density at radius 1 is 0.782 bits per heavy atom. The van der Waals surface area contributed by atoms with Crippen molar-refractivity contribution in [1.29, 1.82) is 0 Å². The Bertz CT molecular complexity index is 1260. The van der Waals surface area contributed by atoms with Crippen molar-refractivity contribution in [2.24, 2.45) is 22.9 Å². The zero-order chi connectivity index (χ0) is 39.8. The van der Waals surface area contributed by atoms with Gasteiger partial charge in [0.05, 0.1) is 36.9 Å². The first-order valence-electron chi connectivity index (χ1n) is 19.5.